The van der Waals surface area contributed by atoms with Gasteiger partial charge in [-0.15, -0.1) is 0 Å². The maximum absolute atomic E-state index is 6.01. The number of nitrogens with zero attached hydrogens (tertiary/aromatic N) is 10. The van der Waals surface area contributed by atoms with Gasteiger partial charge in [-0.1, -0.05) is 0 Å². The smallest absolute Gasteiger partial charge is 0.231 e. The third-order valence-electron chi connectivity index (χ3n) is 7.54. The van der Waals surface area contributed by atoms with E-state index >= 15 is 0 Å². The Hall–Kier alpha value is -3.63. The van der Waals surface area contributed by atoms with Gasteiger partial charge in [0.15, 0.2) is 5.82 Å². The molecule has 3 aromatic rings. The molecule has 236 valence electrons. The number of nitrogen functional groups attached to an aromatic ring is 1. The molecule has 2 N–H and O–H groups in total. The lowest BCUT2D eigenvalue weighted by Crippen LogP contribution is -2.40. The molecule has 0 saturated carbocycles. The Morgan fingerprint density at radius 1 is 0.477 bits per heavy atom. The van der Waals surface area contributed by atoms with Gasteiger partial charge in [0, 0.05) is 63.6 Å². The fourth-order valence-electron chi connectivity index (χ4n) is 5.06. The summed E-state index contributed by atoms with van der Waals surface area (Å²) in [6, 6.07) is 7.61. The van der Waals surface area contributed by atoms with Gasteiger partial charge in [-0.25, -0.2) is 0 Å². The molecule has 4 saturated heterocycles. The summed E-state index contributed by atoms with van der Waals surface area (Å²) in [6.07, 6.45) is 0. The van der Waals surface area contributed by atoms with Crippen molar-refractivity contribution in [2.75, 3.05) is 131 Å². The Balaban J connectivity index is 0.000000162. The molecule has 4 aliphatic rings. The van der Waals surface area contributed by atoms with E-state index in [-0.39, 0.29) is 5.28 Å². The minimum atomic E-state index is 0.234. The highest BCUT2D eigenvalue weighted by atomic mass is 35.5. The minimum Gasteiger partial charge on any atom is -0.399 e. The molecule has 0 aliphatic carbocycles. The largest absolute Gasteiger partial charge is 0.399 e. The fraction of sp³-hybridized carbons (Fsp3) is 0.571. The highest BCUT2D eigenvalue weighted by molar-refractivity contribution is 6.28. The lowest BCUT2D eigenvalue weighted by Gasteiger charge is -2.30. The first-order valence-electron chi connectivity index (χ1n) is 15.0. The van der Waals surface area contributed by atoms with Crippen molar-refractivity contribution in [2.24, 2.45) is 0 Å². The average Bonchev–Trinajstić information content (AvgIpc) is 3.10. The SMILES string of the molecule is Clc1nc(N2CCOCC2)nc(N2CCOCC2)n1.Nc1ccc(-c2nc(N3CCOCC3)nc(N3CCOCC3)n2)cc1. The minimum absolute atomic E-state index is 0.234. The van der Waals surface area contributed by atoms with Gasteiger partial charge in [-0.2, -0.15) is 29.9 Å². The maximum Gasteiger partial charge on any atom is 0.231 e. The van der Waals surface area contributed by atoms with Gasteiger partial charge in [0.05, 0.1) is 52.9 Å². The molecule has 2 aromatic heterocycles. The summed E-state index contributed by atoms with van der Waals surface area (Å²) < 4.78 is 21.5. The number of nitrogens with two attached hydrogens (primary N) is 1. The van der Waals surface area contributed by atoms with E-state index in [1.54, 1.807) is 0 Å². The third kappa shape index (κ3) is 7.90. The van der Waals surface area contributed by atoms with Crippen molar-refractivity contribution < 1.29 is 18.9 Å². The summed E-state index contributed by atoms with van der Waals surface area (Å²) in [5, 5.41) is 0.234. The van der Waals surface area contributed by atoms with Gasteiger partial charge in [0.25, 0.3) is 0 Å². The second-order valence-corrected chi connectivity index (χ2v) is 10.8. The number of aromatic nitrogens is 6. The van der Waals surface area contributed by atoms with Gasteiger partial charge in [-0.3, -0.25) is 0 Å². The summed E-state index contributed by atoms with van der Waals surface area (Å²) in [7, 11) is 0. The number of rotatable bonds is 5. The summed E-state index contributed by atoms with van der Waals surface area (Å²) in [6.45, 7) is 11.8. The van der Waals surface area contributed by atoms with E-state index in [1.165, 1.54) is 0 Å². The zero-order valence-electron chi connectivity index (χ0n) is 24.7. The molecule has 4 fully saturated rings. The predicted molar refractivity (Wildman–Crippen MR) is 167 cm³/mol. The molecule has 0 spiro atoms. The number of morpholine rings is 4. The number of anilines is 5. The highest BCUT2D eigenvalue weighted by Crippen LogP contribution is 2.24. The van der Waals surface area contributed by atoms with Gasteiger partial charge in [0.1, 0.15) is 0 Å². The zero-order chi connectivity index (χ0) is 30.1. The van der Waals surface area contributed by atoms with Crippen molar-refractivity contribution in [3.63, 3.8) is 0 Å². The molecule has 6 heterocycles. The van der Waals surface area contributed by atoms with Crippen LogP contribution in [0.4, 0.5) is 29.5 Å². The van der Waals surface area contributed by atoms with E-state index in [9.17, 15) is 0 Å². The lowest BCUT2D eigenvalue weighted by molar-refractivity contribution is 0.121. The van der Waals surface area contributed by atoms with Gasteiger partial charge >= 0.3 is 0 Å². The van der Waals surface area contributed by atoms with Crippen LogP contribution in [0.25, 0.3) is 11.4 Å². The Morgan fingerprint density at radius 3 is 1.14 bits per heavy atom. The van der Waals surface area contributed by atoms with Gasteiger partial charge in [-0.05, 0) is 35.9 Å². The molecule has 16 heteroatoms. The molecule has 7 rings (SSSR count). The monoisotopic (exact) mass is 627 g/mol. The summed E-state index contributed by atoms with van der Waals surface area (Å²) in [4.78, 5) is 35.5. The Labute approximate surface area is 261 Å². The summed E-state index contributed by atoms with van der Waals surface area (Å²) in [5.41, 5.74) is 7.45. The molecular weight excluding hydrogens is 590 g/mol. The van der Waals surface area contributed by atoms with E-state index in [0.717, 1.165) is 63.6 Å². The normalized spacial score (nSPS) is 19.4. The van der Waals surface area contributed by atoms with Crippen LogP contribution in [0.15, 0.2) is 24.3 Å². The molecule has 0 unspecified atom stereocenters. The Kier molecular flexibility index (Phi) is 10.3. The van der Waals surface area contributed by atoms with Crippen LogP contribution in [0.3, 0.4) is 0 Å². The molecule has 15 nitrogen and oxygen atoms in total. The molecule has 0 radical (unpaired) electrons. The number of hydrogen-bond donors (Lipinski definition) is 1. The highest BCUT2D eigenvalue weighted by Gasteiger charge is 2.22. The number of halogens is 1. The van der Waals surface area contributed by atoms with Crippen LogP contribution in [-0.2, 0) is 18.9 Å². The topological polar surface area (TPSA) is 153 Å². The molecule has 0 atom stereocenters. The number of benzene rings is 1. The molecule has 1 aromatic carbocycles. The fourth-order valence-corrected chi connectivity index (χ4v) is 5.21. The second kappa shape index (κ2) is 14.9. The van der Waals surface area contributed by atoms with E-state index < -0.39 is 0 Å². The van der Waals surface area contributed by atoms with E-state index in [0.29, 0.717) is 82.5 Å². The van der Waals surface area contributed by atoms with Crippen LogP contribution >= 0.6 is 11.6 Å². The summed E-state index contributed by atoms with van der Waals surface area (Å²) >= 11 is 6.01. The van der Waals surface area contributed by atoms with E-state index in [4.69, 9.17) is 51.2 Å². The van der Waals surface area contributed by atoms with Crippen LogP contribution < -0.4 is 25.3 Å². The van der Waals surface area contributed by atoms with Crippen molar-refractivity contribution in [2.45, 2.75) is 0 Å². The van der Waals surface area contributed by atoms with E-state index in [1.807, 2.05) is 24.3 Å². The van der Waals surface area contributed by atoms with Crippen LogP contribution in [0, 0.1) is 0 Å². The summed E-state index contributed by atoms with van der Waals surface area (Å²) in [5.74, 6) is 3.32. The molecule has 0 amide bonds. The van der Waals surface area contributed by atoms with Crippen LogP contribution in [-0.4, -0.2) is 135 Å². The zero-order valence-corrected chi connectivity index (χ0v) is 25.4. The van der Waals surface area contributed by atoms with Crippen LogP contribution in [0.5, 0.6) is 0 Å². The molecule has 44 heavy (non-hydrogen) atoms. The first-order chi connectivity index (χ1) is 21.6. The maximum atomic E-state index is 6.01. The third-order valence-corrected chi connectivity index (χ3v) is 7.71. The quantitative estimate of drug-likeness (QED) is 0.400. The molecular formula is C28H38ClN11O4. The number of ether oxygens (including phenoxy) is 4. The molecule has 0 bridgehead atoms. The van der Waals surface area contributed by atoms with Crippen LogP contribution in [0.2, 0.25) is 5.28 Å². The van der Waals surface area contributed by atoms with Crippen molar-refractivity contribution in [3.05, 3.63) is 29.5 Å². The predicted octanol–water partition coefficient (Wildman–Crippen LogP) is 0.992. The standard InChI is InChI=1S/C17H22N6O2.C11H16ClN5O2/c18-14-3-1-13(2-4-14)15-19-16(22-5-9-24-10-6-22)21-17(20-15)23-7-11-25-12-8-23;12-9-13-10(16-1-5-18-6-2-16)15-11(14-9)17-3-7-19-8-4-17/h1-4H,5-12,18H2;1-8H2. The molecule has 4 aliphatic heterocycles. The van der Waals surface area contributed by atoms with Crippen molar-refractivity contribution in [1.29, 1.82) is 0 Å². The van der Waals surface area contributed by atoms with Crippen molar-refractivity contribution >= 4 is 41.1 Å². The van der Waals surface area contributed by atoms with Crippen molar-refractivity contribution in [3.8, 4) is 11.4 Å². The van der Waals surface area contributed by atoms with Gasteiger partial charge in [0.2, 0.25) is 29.1 Å². The Morgan fingerprint density at radius 2 is 0.795 bits per heavy atom. The number of hydrogen-bond acceptors (Lipinski definition) is 15. The van der Waals surface area contributed by atoms with Crippen molar-refractivity contribution in [1.82, 2.24) is 29.9 Å². The average molecular weight is 628 g/mol. The second-order valence-electron chi connectivity index (χ2n) is 10.5. The van der Waals surface area contributed by atoms with E-state index in [2.05, 4.69) is 34.6 Å². The van der Waals surface area contributed by atoms with Crippen LogP contribution in [0.1, 0.15) is 0 Å². The Bertz CT molecular complexity index is 1280. The van der Waals surface area contributed by atoms with Gasteiger partial charge < -0.3 is 44.3 Å². The first-order valence-corrected chi connectivity index (χ1v) is 15.3. The first kappa shape index (κ1) is 30.4. The lowest BCUT2D eigenvalue weighted by atomic mass is 10.2.